The minimum Gasteiger partial charge on any atom is -0.489 e. The second-order valence-corrected chi connectivity index (χ2v) is 4.53. The Labute approximate surface area is 114 Å². The van der Waals surface area contributed by atoms with Crippen LogP contribution in [0, 0.1) is 5.82 Å². The molecule has 0 saturated carbocycles. The van der Waals surface area contributed by atoms with E-state index in [0.29, 0.717) is 16.5 Å². The third-order valence-electron chi connectivity index (χ3n) is 2.36. The Hall–Kier alpha value is -1.45. The first-order valence-corrected chi connectivity index (χ1v) is 5.93. The highest BCUT2D eigenvalue weighted by Crippen LogP contribution is 2.23. The molecule has 0 heterocycles. The summed E-state index contributed by atoms with van der Waals surface area (Å²) in [6.45, 7) is 0.236. The second-order valence-electron chi connectivity index (χ2n) is 3.72. The molecule has 94 valence electrons. The van der Waals surface area contributed by atoms with Gasteiger partial charge in [-0.15, -0.1) is 0 Å². The van der Waals surface area contributed by atoms with Gasteiger partial charge >= 0.3 is 0 Å². The van der Waals surface area contributed by atoms with Crippen LogP contribution in [-0.2, 0) is 6.61 Å². The lowest BCUT2D eigenvalue weighted by Gasteiger charge is -2.08. The number of hydrogen-bond acceptors (Lipinski definition) is 2. The molecule has 0 fully saturated rings. The molecule has 0 spiro atoms. The first-order chi connectivity index (χ1) is 8.56. The largest absolute Gasteiger partial charge is 0.489 e. The van der Waals surface area contributed by atoms with E-state index in [9.17, 15) is 4.39 Å². The van der Waals surface area contributed by atoms with Gasteiger partial charge in [0.05, 0.1) is 5.02 Å². The second kappa shape index (κ2) is 5.46. The maximum Gasteiger partial charge on any atom is 0.145 e. The van der Waals surface area contributed by atoms with E-state index < -0.39 is 5.82 Å². The highest BCUT2D eigenvalue weighted by atomic mass is 35.5. The molecule has 0 aliphatic carbocycles. The van der Waals surface area contributed by atoms with E-state index in [-0.39, 0.29) is 11.6 Å². The fourth-order valence-electron chi connectivity index (χ4n) is 1.41. The third kappa shape index (κ3) is 3.06. The van der Waals surface area contributed by atoms with Crippen molar-refractivity contribution in [3.63, 3.8) is 0 Å². The minimum absolute atomic E-state index is 0.0628. The summed E-state index contributed by atoms with van der Waals surface area (Å²) >= 11 is 11.6. The monoisotopic (exact) mass is 285 g/mol. The molecule has 2 aromatic rings. The number of anilines is 1. The molecule has 0 radical (unpaired) electrons. The average Bonchev–Trinajstić information content (AvgIpc) is 2.32. The molecule has 0 aliphatic rings. The lowest BCUT2D eigenvalue weighted by molar-refractivity contribution is 0.304. The molecule has 2 aromatic carbocycles. The Morgan fingerprint density at radius 3 is 2.50 bits per heavy atom. The van der Waals surface area contributed by atoms with Crippen LogP contribution in [0.5, 0.6) is 5.75 Å². The predicted molar refractivity (Wildman–Crippen MR) is 71.6 cm³/mol. The molecular formula is C13H10Cl2FNO. The smallest absolute Gasteiger partial charge is 0.145 e. The van der Waals surface area contributed by atoms with Crippen LogP contribution in [0.1, 0.15) is 5.56 Å². The zero-order valence-corrected chi connectivity index (χ0v) is 10.8. The van der Waals surface area contributed by atoms with Crippen LogP contribution in [0.3, 0.4) is 0 Å². The predicted octanol–water partition coefficient (Wildman–Crippen LogP) is 4.29. The standard InChI is InChI=1S/C13H10Cl2FNO/c14-11-4-3-10(6-13(11)16)18-7-8-1-2-9(17)5-12(8)15/h1-6H,7,17H2. The fourth-order valence-corrected chi connectivity index (χ4v) is 1.77. The highest BCUT2D eigenvalue weighted by molar-refractivity contribution is 6.31. The van der Waals surface area contributed by atoms with Crippen LogP contribution in [0.25, 0.3) is 0 Å². The summed E-state index contributed by atoms with van der Waals surface area (Å²) in [6, 6.07) is 9.40. The summed E-state index contributed by atoms with van der Waals surface area (Å²) in [6.07, 6.45) is 0. The van der Waals surface area contributed by atoms with E-state index in [1.165, 1.54) is 12.1 Å². The van der Waals surface area contributed by atoms with Gasteiger partial charge in [0.2, 0.25) is 0 Å². The molecule has 0 amide bonds. The van der Waals surface area contributed by atoms with Crippen molar-refractivity contribution in [2.75, 3.05) is 5.73 Å². The van der Waals surface area contributed by atoms with Gasteiger partial charge in [-0.2, -0.15) is 0 Å². The van der Waals surface area contributed by atoms with E-state index in [1.807, 2.05) is 0 Å². The Kier molecular flexibility index (Phi) is 3.94. The van der Waals surface area contributed by atoms with Crippen molar-refractivity contribution in [3.8, 4) is 5.75 Å². The van der Waals surface area contributed by atoms with E-state index in [1.54, 1.807) is 24.3 Å². The molecule has 0 aromatic heterocycles. The topological polar surface area (TPSA) is 35.2 Å². The van der Waals surface area contributed by atoms with Crippen molar-refractivity contribution in [3.05, 3.63) is 57.8 Å². The number of ether oxygens (including phenoxy) is 1. The van der Waals surface area contributed by atoms with Crippen molar-refractivity contribution >= 4 is 28.9 Å². The van der Waals surface area contributed by atoms with Gasteiger partial charge in [-0.3, -0.25) is 0 Å². The van der Waals surface area contributed by atoms with Crippen LogP contribution in [-0.4, -0.2) is 0 Å². The van der Waals surface area contributed by atoms with E-state index in [4.69, 9.17) is 33.7 Å². The molecule has 0 saturated heterocycles. The first kappa shape index (κ1) is 13.0. The maximum absolute atomic E-state index is 13.2. The van der Waals surface area contributed by atoms with Crippen LogP contribution in [0.4, 0.5) is 10.1 Å². The normalized spacial score (nSPS) is 10.4. The van der Waals surface area contributed by atoms with Gasteiger partial charge in [0.1, 0.15) is 18.2 Å². The number of nitrogen functional groups attached to an aromatic ring is 1. The highest BCUT2D eigenvalue weighted by Gasteiger charge is 2.04. The Morgan fingerprint density at radius 2 is 1.83 bits per heavy atom. The van der Waals surface area contributed by atoms with Gasteiger partial charge in [0.25, 0.3) is 0 Å². The van der Waals surface area contributed by atoms with Gasteiger partial charge in [0.15, 0.2) is 0 Å². The fraction of sp³-hybridized carbons (Fsp3) is 0.0769. The van der Waals surface area contributed by atoms with Gasteiger partial charge in [-0.05, 0) is 24.3 Å². The zero-order chi connectivity index (χ0) is 13.1. The summed E-state index contributed by atoms with van der Waals surface area (Å²) in [7, 11) is 0. The quantitative estimate of drug-likeness (QED) is 0.854. The average molecular weight is 286 g/mol. The van der Waals surface area contributed by atoms with Crippen molar-refractivity contribution in [1.82, 2.24) is 0 Å². The molecule has 2 rings (SSSR count). The van der Waals surface area contributed by atoms with E-state index in [0.717, 1.165) is 5.56 Å². The summed E-state index contributed by atoms with van der Waals surface area (Å²) in [4.78, 5) is 0. The molecule has 18 heavy (non-hydrogen) atoms. The summed E-state index contributed by atoms with van der Waals surface area (Å²) in [5, 5.41) is 0.581. The van der Waals surface area contributed by atoms with Crippen molar-refractivity contribution in [2.24, 2.45) is 0 Å². The van der Waals surface area contributed by atoms with E-state index >= 15 is 0 Å². The number of rotatable bonds is 3. The molecule has 5 heteroatoms. The summed E-state index contributed by atoms with van der Waals surface area (Å²) < 4.78 is 18.6. The van der Waals surface area contributed by atoms with Crippen LogP contribution in [0.2, 0.25) is 10.0 Å². The van der Waals surface area contributed by atoms with Gasteiger partial charge in [-0.25, -0.2) is 4.39 Å². The van der Waals surface area contributed by atoms with Gasteiger partial charge in [0, 0.05) is 22.3 Å². The van der Waals surface area contributed by atoms with Crippen molar-refractivity contribution in [2.45, 2.75) is 6.61 Å². The Balaban J connectivity index is 2.09. The molecular weight excluding hydrogens is 276 g/mol. The van der Waals surface area contributed by atoms with Gasteiger partial charge < -0.3 is 10.5 Å². The third-order valence-corrected chi connectivity index (χ3v) is 3.02. The molecule has 0 atom stereocenters. The zero-order valence-electron chi connectivity index (χ0n) is 9.29. The summed E-state index contributed by atoms with van der Waals surface area (Å²) in [5.41, 5.74) is 6.95. The Morgan fingerprint density at radius 1 is 1.06 bits per heavy atom. The summed E-state index contributed by atoms with van der Waals surface area (Å²) in [5.74, 6) is -0.123. The number of halogens is 3. The minimum atomic E-state index is -0.516. The lowest BCUT2D eigenvalue weighted by Crippen LogP contribution is -1.97. The van der Waals surface area contributed by atoms with E-state index in [2.05, 4.69) is 0 Å². The molecule has 0 unspecified atom stereocenters. The first-order valence-electron chi connectivity index (χ1n) is 5.18. The maximum atomic E-state index is 13.2. The van der Waals surface area contributed by atoms with Crippen LogP contribution >= 0.6 is 23.2 Å². The number of hydrogen-bond donors (Lipinski definition) is 1. The molecule has 2 nitrogen and oxygen atoms in total. The Bertz CT molecular complexity index is 575. The van der Waals surface area contributed by atoms with Crippen molar-refractivity contribution in [1.29, 1.82) is 0 Å². The molecule has 2 N–H and O–H groups in total. The number of nitrogens with two attached hydrogens (primary N) is 1. The molecule has 0 bridgehead atoms. The molecule has 0 aliphatic heterocycles. The van der Waals surface area contributed by atoms with Crippen LogP contribution in [0.15, 0.2) is 36.4 Å². The SMILES string of the molecule is Nc1ccc(COc2ccc(Cl)c(F)c2)c(Cl)c1. The van der Waals surface area contributed by atoms with Crippen LogP contribution < -0.4 is 10.5 Å². The number of benzene rings is 2. The lowest BCUT2D eigenvalue weighted by atomic mass is 10.2. The van der Waals surface area contributed by atoms with Crippen molar-refractivity contribution < 1.29 is 9.13 Å². The van der Waals surface area contributed by atoms with Gasteiger partial charge in [-0.1, -0.05) is 29.3 Å².